The van der Waals surface area contributed by atoms with Gasteiger partial charge in [-0.2, -0.15) is 0 Å². The van der Waals surface area contributed by atoms with Crippen LogP contribution in [0.3, 0.4) is 0 Å². The lowest BCUT2D eigenvalue weighted by molar-refractivity contribution is -0.143. The molecule has 0 N–H and O–H groups in total. The third-order valence-corrected chi connectivity index (χ3v) is 4.85. The first kappa shape index (κ1) is 17.9. The SMILES string of the molecule is CCC1CCCCN1C(=O)C(C)OC(=O)c1cc(F)ccc1Br. The molecular weight excluding hydrogens is 365 g/mol. The number of benzene rings is 1. The maximum Gasteiger partial charge on any atom is 0.340 e. The zero-order chi connectivity index (χ0) is 17.0. The van der Waals surface area contributed by atoms with E-state index in [4.69, 9.17) is 4.74 Å². The van der Waals surface area contributed by atoms with Crippen LogP contribution in [0.15, 0.2) is 22.7 Å². The molecule has 0 spiro atoms. The molecule has 2 atom stereocenters. The van der Waals surface area contributed by atoms with Crippen molar-refractivity contribution in [1.29, 1.82) is 0 Å². The monoisotopic (exact) mass is 385 g/mol. The van der Waals surface area contributed by atoms with Gasteiger partial charge < -0.3 is 9.64 Å². The Kier molecular flexibility index (Phi) is 6.16. The fourth-order valence-corrected chi connectivity index (χ4v) is 3.29. The number of halogens is 2. The van der Waals surface area contributed by atoms with Gasteiger partial charge in [-0.15, -0.1) is 0 Å². The molecule has 2 rings (SSSR count). The molecule has 0 bridgehead atoms. The molecule has 126 valence electrons. The zero-order valence-electron chi connectivity index (χ0n) is 13.4. The van der Waals surface area contributed by atoms with E-state index in [1.54, 1.807) is 6.92 Å². The lowest BCUT2D eigenvalue weighted by Crippen LogP contribution is -2.48. The van der Waals surface area contributed by atoms with Crippen LogP contribution in [0.5, 0.6) is 0 Å². The summed E-state index contributed by atoms with van der Waals surface area (Å²) in [5.74, 6) is -1.42. The van der Waals surface area contributed by atoms with Gasteiger partial charge in [-0.1, -0.05) is 6.92 Å². The van der Waals surface area contributed by atoms with E-state index in [1.807, 2.05) is 4.90 Å². The summed E-state index contributed by atoms with van der Waals surface area (Å²) < 4.78 is 19.0. The Morgan fingerprint density at radius 3 is 2.87 bits per heavy atom. The second kappa shape index (κ2) is 7.90. The highest BCUT2D eigenvalue weighted by molar-refractivity contribution is 9.10. The van der Waals surface area contributed by atoms with Gasteiger partial charge >= 0.3 is 5.97 Å². The van der Waals surface area contributed by atoms with Gasteiger partial charge in [-0.25, -0.2) is 9.18 Å². The van der Waals surface area contributed by atoms with Crippen LogP contribution in [0, 0.1) is 5.82 Å². The first-order chi connectivity index (χ1) is 10.9. The van der Waals surface area contributed by atoms with Crippen molar-refractivity contribution in [3.8, 4) is 0 Å². The number of carbonyl (C=O) groups is 2. The van der Waals surface area contributed by atoms with Crippen LogP contribution in [0.1, 0.15) is 49.9 Å². The van der Waals surface area contributed by atoms with E-state index in [0.29, 0.717) is 11.0 Å². The normalized spacial score (nSPS) is 19.3. The van der Waals surface area contributed by atoms with Gasteiger partial charge in [-0.3, -0.25) is 4.79 Å². The number of nitrogens with zero attached hydrogens (tertiary/aromatic N) is 1. The smallest absolute Gasteiger partial charge is 0.340 e. The van der Waals surface area contributed by atoms with Gasteiger partial charge in [0.15, 0.2) is 6.10 Å². The van der Waals surface area contributed by atoms with Crippen molar-refractivity contribution >= 4 is 27.8 Å². The molecule has 23 heavy (non-hydrogen) atoms. The molecule has 1 aromatic carbocycles. The lowest BCUT2D eigenvalue weighted by Gasteiger charge is -2.36. The largest absolute Gasteiger partial charge is 0.449 e. The maximum atomic E-state index is 13.3. The van der Waals surface area contributed by atoms with Gasteiger partial charge in [-0.05, 0) is 66.7 Å². The van der Waals surface area contributed by atoms with Crippen molar-refractivity contribution in [3.63, 3.8) is 0 Å². The molecule has 0 aliphatic carbocycles. The van der Waals surface area contributed by atoms with E-state index in [9.17, 15) is 14.0 Å². The van der Waals surface area contributed by atoms with Crippen molar-refractivity contribution in [3.05, 3.63) is 34.1 Å². The van der Waals surface area contributed by atoms with E-state index in [2.05, 4.69) is 22.9 Å². The molecule has 1 heterocycles. The number of hydrogen-bond acceptors (Lipinski definition) is 3. The van der Waals surface area contributed by atoms with E-state index in [0.717, 1.165) is 31.7 Å². The second-order valence-corrected chi connectivity index (χ2v) is 6.62. The van der Waals surface area contributed by atoms with Crippen molar-refractivity contribution < 1.29 is 18.7 Å². The van der Waals surface area contributed by atoms with Crippen molar-refractivity contribution in [2.75, 3.05) is 6.54 Å². The Balaban J connectivity index is 2.05. The van der Waals surface area contributed by atoms with E-state index in [1.165, 1.54) is 12.1 Å². The summed E-state index contributed by atoms with van der Waals surface area (Å²) in [5, 5.41) is 0. The molecule has 2 unspecified atom stereocenters. The number of amides is 1. The third kappa shape index (κ3) is 4.31. The predicted molar refractivity (Wildman–Crippen MR) is 88.6 cm³/mol. The number of ether oxygens (including phenoxy) is 1. The molecule has 1 saturated heterocycles. The topological polar surface area (TPSA) is 46.6 Å². The van der Waals surface area contributed by atoms with Gasteiger partial charge in [0.2, 0.25) is 0 Å². The number of carbonyl (C=O) groups excluding carboxylic acids is 2. The van der Waals surface area contributed by atoms with Crippen molar-refractivity contribution in [1.82, 2.24) is 4.90 Å². The Morgan fingerprint density at radius 2 is 2.17 bits per heavy atom. The predicted octanol–water partition coefficient (Wildman–Crippen LogP) is 3.92. The number of likely N-dealkylation sites (tertiary alicyclic amines) is 1. The van der Waals surface area contributed by atoms with Gasteiger partial charge in [0.25, 0.3) is 5.91 Å². The number of piperidine rings is 1. The minimum atomic E-state index is -0.884. The van der Waals surface area contributed by atoms with Crippen LogP contribution < -0.4 is 0 Å². The Labute approximate surface area is 144 Å². The molecule has 1 fully saturated rings. The zero-order valence-corrected chi connectivity index (χ0v) is 14.9. The molecule has 0 saturated carbocycles. The molecule has 0 radical (unpaired) electrons. The fourth-order valence-electron chi connectivity index (χ4n) is 2.88. The van der Waals surface area contributed by atoms with Crippen LogP contribution in [-0.2, 0) is 9.53 Å². The van der Waals surface area contributed by atoms with E-state index >= 15 is 0 Å². The van der Waals surface area contributed by atoms with Crippen LogP contribution in [0.2, 0.25) is 0 Å². The summed E-state index contributed by atoms with van der Waals surface area (Å²) in [5.41, 5.74) is 0.0790. The highest BCUT2D eigenvalue weighted by Crippen LogP contribution is 2.22. The average Bonchev–Trinajstić information content (AvgIpc) is 2.56. The van der Waals surface area contributed by atoms with Crippen LogP contribution in [0.4, 0.5) is 4.39 Å². The summed E-state index contributed by atoms with van der Waals surface area (Å²) in [4.78, 5) is 26.5. The summed E-state index contributed by atoms with van der Waals surface area (Å²) in [6, 6.07) is 3.99. The maximum absolute atomic E-state index is 13.3. The minimum Gasteiger partial charge on any atom is -0.449 e. The molecular formula is C17H21BrFNO3. The van der Waals surface area contributed by atoms with Crippen molar-refractivity contribution in [2.24, 2.45) is 0 Å². The number of hydrogen-bond donors (Lipinski definition) is 0. The Morgan fingerprint density at radius 1 is 1.43 bits per heavy atom. The average molecular weight is 386 g/mol. The van der Waals surface area contributed by atoms with Gasteiger partial charge in [0, 0.05) is 17.1 Å². The molecule has 6 heteroatoms. The third-order valence-electron chi connectivity index (χ3n) is 4.16. The number of esters is 1. The quantitative estimate of drug-likeness (QED) is 0.737. The van der Waals surface area contributed by atoms with Crippen LogP contribution in [0.25, 0.3) is 0 Å². The van der Waals surface area contributed by atoms with Crippen LogP contribution >= 0.6 is 15.9 Å². The minimum absolute atomic E-state index is 0.0790. The Bertz CT molecular complexity index is 593. The Hall–Kier alpha value is -1.43. The van der Waals surface area contributed by atoms with Gasteiger partial charge in [0.1, 0.15) is 5.82 Å². The number of rotatable bonds is 4. The summed E-state index contributed by atoms with van der Waals surface area (Å²) >= 11 is 3.19. The van der Waals surface area contributed by atoms with Crippen molar-refractivity contribution in [2.45, 2.75) is 51.7 Å². The summed E-state index contributed by atoms with van der Waals surface area (Å²) in [6.45, 7) is 4.31. The standard InChI is InChI=1S/C17H21BrFNO3/c1-3-13-6-4-5-9-20(13)16(21)11(2)23-17(22)14-10-12(19)7-8-15(14)18/h7-8,10-11,13H,3-6,9H2,1-2H3. The van der Waals surface area contributed by atoms with E-state index in [-0.39, 0.29) is 17.5 Å². The first-order valence-corrected chi connectivity index (χ1v) is 8.69. The highest BCUT2D eigenvalue weighted by atomic mass is 79.9. The second-order valence-electron chi connectivity index (χ2n) is 5.76. The first-order valence-electron chi connectivity index (χ1n) is 7.90. The highest BCUT2D eigenvalue weighted by Gasteiger charge is 2.30. The summed E-state index contributed by atoms with van der Waals surface area (Å²) in [6.07, 6.45) is 3.08. The molecule has 4 nitrogen and oxygen atoms in total. The summed E-state index contributed by atoms with van der Waals surface area (Å²) in [7, 11) is 0. The molecule has 1 amide bonds. The van der Waals surface area contributed by atoms with Gasteiger partial charge in [0.05, 0.1) is 5.56 Å². The van der Waals surface area contributed by atoms with E-state index < -0.39 is 17.9 Å². The lowest BCUT2D eigenvalue weighted by atomic mass is 9.99. The molecule has 1 aromatic rings. The molecule has 1 aliphatic rings. The molecule has 1 aliphatic heterocycles. The fraction of sp³-hybridized carbons (Fsp3) is 0.529. The molecule has 0 aromatic heterocycles. The van der Waals surface area contributed by atoms with Crippen LogP contribution in [-0.4, -0.2) is 35.5 Å².